The summed E-state index contributed by atoms with van der Waals surface area (Å²) in [5.74, 6) is 0.870. The largest absolute Gasteiger partial charge is 0.342 e. The van der Waals surface area contributed by atoms with Gasteiger partial charge in [-0.3, -0.25) is 24.5 Å². The molecule has 0 bridgehead atoms. The topological polar surface area (TPSA) is 69.6 Å². The lowest BCUT2D eigenvalue weighted by atomic mass is 9.92. The van der Waals surface area contributed by atoms with Crippen LogP contribution in [-0.2, 0) is 22.6 Å². The van der Waals surface area contributed by atoms with Gasteiger partial charge >= 0.3 is 0 Å². The van der Waals surface area contributed by atoms with E-state index in [1.54, 1.807) is 18.6 Å². The van der Waals surface area contributed by atoms with Crippen LogP contribution in [0, 0.1) is 5.92 Å². The van der Waals surface area contributed by atoms with Crippen molar-refractivity contribution in [3.05, 3.63) is 60.2 Å². The van der Waals surface area contributed by atoms with Crippen molar-refractivity contribution in [2.24, 2.45) is 5.92 Å². The maximum atomic E-state index is 12.8. The van der Waals surface area contributed by atoms with Crippen molar-refractivity contribution in [1.29, 1.82) is 0 Å². The highest BCUT2D eigenvalue weighted by molar-refractivity contribution is 5.77. The number of aromatic nitrogens is 2. The Bertz CT molecular complexity index is 884. The fourth-order valence-corrected chi connectivity index (χ4v) is 4.86. The van der Waals surface area contributed by atoms with E-state index in [2.05, 4.69) is 39.1 Å². The molecule has 2 aliphatic heterocycles. The summed E-state index contributed by atoms with van der Waals surface area (Å²) in [5, 5.41) is 0. The lowest BCUT2D eigenvalue weighted by Crippen LogP contribution is -2.48. The summed E-state index contributed by atoms with van der Waals surface area (Å²) in [5.41, 5.74) is 2.18. The summed E-state index contributed by atoms with van der Waals surface area (Å²) >= 11 is 0. The second-order valence-corrected chi connectivity index (χ2v) is 9.23. The fourth-order valence-electron chi connectivity index (χ4n) is 4.86. The van der Waals surface area contributed by atoms with Crippen molar-refractivity contribution >= 4 is 11.8 Å². The average Bonchev–Trinajstić information content (AvgIpc) is 2.88. The number of amides is 2. The Morgan fingerprint density at radius 3 is 2.45 bits per heavy atom. The smallest absolute Gasteiger partial charge is 0.222 e. The van der Waals surface area contributed by atoms with E-state index in [9.17, 15) is 9.59 Å². The number of benzene rings is 1. The van der Waals surface area contributed by atoms with Crippen LogP contribution < -0.4 is 0 Å². The van der Waals surface area contributed by atoms with Crippen LogP contribution in [0.15, 0.2) is 48.9 Å². The second kappa shape index (κ2) is 11.9. The molecule has 7 nitrogen and oxygen atoms in total. The monoisotopic (exact) mass is 449 g/mol. The number of piperidine rings is 1. The molecule has 2 amide bonds. The van der Waals surface area contributed by atoms with Crippen LogP contribution in [0.5, 0.6) is 0 Å². The van der Waals surface area contributed by atoms with Gasteiger partial charge in [-0.25, -0.2) is 0 Å². The van der Waals surface area contributed by atoms with Gasteiger partial charge in [0.1, 0.15) is 0 Å². The highest BCUT2D eigenvalue weighted by Crippen LogP contribution is 2.22. The summed E-state index contributed by atoms with van der Waals surface area (Å²) < 4.78 is 0. The minimum absolute atomic E-state index is 0.186. The van der Waals surface area contributed by atoms with Crippen molar-refractivity contribution in [2.45, 2.75) is 45.1 Å². The van der Waals surface area contributed by atoms with E-state index in [0.717, 1.165) is 70.8 Å². The molecule has 0 aliphatic carbocycles. The molecule has 176 valence electrons. The molecule has 0 saturated carbocycles. The van der Waals surface area contributed by atoms with E-state index in [1.807, 2.05) is 15.9 Å². The Morgan fingerprint density at radius 2 is 1.70 bits per heavy atom. The molecule has 2 aromatic rings. The van der Waals surface area contributed by atoms with Gasteiger partial charge in [-0.2, -0.15) is 0 Å². The molecule has 1 aromatic carbocycles. The highest BCUT2D eigenvalue weighted by Gasteiger charge is 2.26. The zero-order valence-corrected chi connectivity index (χ0v) is 19.4. The molecule has 3 heterocycles. The summed E-state index contributed by atoms with van der Waals surface area (Å²) in [6, 6.07) is 10.5. The van der Waals surface area contributed by atoms with Gasteiger partial charge < -0.3 is 9.80 Å². The van der Waals surface area contributed by atoms with Gasteiger partial charge in [0.05, 0.1) is 5.69 Å². The normalized spacial score (nSPS) is 19.5. The van der Waals surface area contributed by atoms with Crippen molar-refractivity contribution in [1.82, 2.24) is 24.7 Å². The summed E-state index contributed by atoms with van der Waals surface area (Å²) in [7, 11) is 0. The van der Waals surface area contributed by atoms with Crippen LogP contribution in [0.1, 0.15) is 43.4 Å². The zero-order valence-electron chi connectivity index (χ0n) is 19.4. The van der Waals surface area contributed by atoms with Crippen LogP contribution in [0.2, 0.25) is 0 Å². The first-order valence-corrected chi connectivity index (χ1v) is 12.2. The molecule has 1 unspecified atom stereocenters. The molecule has 4 rings (SSSR count). The van der Waals surface area contributed by atoms with Crippen molar-refractivity contribution in [3.63, 3.8) is 0 Å². The van der Waals surface area contributed by atoms with Gasteiger partial charge in [-0.15, -0.1) is 0 Å². The molecule has 2 aliphatic rings. The standard InChI is InChI=1S/C26H35N5O2/c32-25(30-17-15-29(16-18-30)20-22-5-2-1-3-6-22)10-8-23-7-4-14-31(21-23)26(33)11-9-24-19-27-12-13-28-24/h1-3,5-6,12-13,19,23H,4,7-11,14-18,20-21H2. The Labute approximate surface area is 196 Å². The molecule has 0 radical (unpaired) electrons. The third-order valence-electron chi connectivity index (χ3n) is 6.82. The van der Waals surface area contributed by atoms with Crippen molar-refractivity contribution in [2.75, 3.05) is 39.3 Å². The van der Waals surface area contributed by atoms with E-state index in [-0.39, 0.29) is 11.8 Å². The minimum atomic E-state index is 0.186. The fraction of sp³-hybridized carbons (Fsp3) is 0.538. The Kier molecular flexibility index (Phi) is 8.41. The van der Waals surface area contributed by atoms with Gasteiger partial charge in [0, 0.05) is 77.2 Å². The van der Waals surface area contributed by atoms with Gasteiger partial charge in [0.25, 0.3) is 0 Å². The quantitative estimate of drug-likeness (QED) is 0.620. The Balaban J connectivity index is 1.15. The highest BCUT2D eigenvalue weighted by atomic mass is 16.2. The van der Waals surface area contributed by atoms with Crippen LogP contribution in [0.3, 0.4) is 0 Å². The SMILES string of the molecule is O=C(CCC1CCCN(C(=O)CCc2cnccn2)C1)N1CCN(Cc2ccccc2)CC1. The first-order chi connectivity index (χ1) is 16.2. The number of piperazine rings is 1. The number of hydrogen-bond donors (Lipinski definition) is 0. The van der Waals surface area contributed by atoms with Crippen LogP contribution in [0.4, 0.5) is 0 Å². The Hall–Kier alpha value is -2.80. The first-order valence-electron chi connectivity index (χ1n) is 12.2. The number of likely N-dealkylation sites (tertiary alicyclic amines) is 1. The molecular weight excluding hydrogens is 414 g/mol. The maximum absolute atomic E-state index is 12.8. The summed E-state index contributed by atoms with van der Waals surface area (Å²) in [6.45, 7) is 6.03. The van der Waals surface area contributed by atoms with E-state index in [4.69, 9.17) is 0 Å². The molecule has 1 atom stereocenters. The third kappa shape index (κ3) is 7.09. The van der Waals surface area contributed by atoms with E-state index in [0.29, 0.717) is 25.2 Å². The van der Waals surface area contributed by atoms with Gasteiger partial charge in [0.2, 0.25) is 11.8 Å². The lowest BCUT2D eigenvalue weighted by Gasteiger charge is -2.36. The van der Waals surface area contributed by atoms with Gasteiger partial charge in [-0.05, 0) is 37.2 Å². The predicted molar refractivity (Wildman–Crippen MR) is 127 cm³/mol. The molecular formula is C26H35N5O2. The zero-order chi connectivity index (χ0) is 22.9. The van der Waals surface area contributed by atoms with Crippen molar-refractivity contribution < 1.29 is 9.59 Å². The molecule has 1 aromatic heterocycles. The minimum Gasteiger partial charge on any atom is -0.342 e. The summed E-state index contributed by atoms with van der Waals surface area (Å²) in [4.78, 5) is 40.2. The third-order valence-corrected chi connectivity index (χ3v) is 6.82. The van der Waals surface area contributed by atoms with E-state index >= 15 is 0 Å². The van der Waals surface area contributed by atoms with Crippen molar-refractivity contribution in [3.8, 4) is 0 Å². The number of aryl methyl sites for hydroxylation is 1. The molecule has 7 heteroatoms. The predicted octanol–water partition coefficient (Wildman–Crippen LogP) is 2.77. The van der Waals surface area contributed by atoms with Crippen LogP contribution in [0.25, 0.3) is 0 Å². The number of hydrogen-bond acceptors (Lipinski definition) is 5. The molecule has 33 heavy (non-hydrogen) atoms. The number of carbonyl (C=O) groups excluding carboxylic acids is 2. The number of nitrogens with zero attached hydrogens (tertiary/aromatic N) is 5. The van der Waals surface area contributed by atoms with E-state index < -0.39 is 0 Å². The average molecular weight is 450 g/mol. The first kappa shape index (κ1) is 23.4. The second-order valence-electron chi connectivity index (χ2n) is 9.23. The number of carbonyl (C=O) groups is 2. The van der Waals surface area contributed by atoms with Crippen LogP contribution >= 0.6 is 0 Å². The number of rotatable bonds is 8. The molecule has 0 N–H and O–H groups in total. The lowest BCUT2D eigenvalue weighted by molar-refractivity contribution is -0.134. The summed E-state index contributed by atoms with van der Waals surface area (Å²) in [6.07, 6.45) is 9.71. The van der Waals surface area contributed by atoms with Crippen LogP contribution in [-0.4, -0.2) is 75.8 Å². The van der Waals surface area contributed by atoms with Gasteiger partial charge in [-0.1, -0.05) is 30.3 Å². The van der Waals surface area contributed by atoms with E-state index in [1.165, 1.54) is 5.56 Å². The Morgan fingerprint density at radius 1 is 0.909 bits per heavy atom. The molecule has 2 saturated heterocycles. The molecule has 0 spiro atoms. The van der Waals surface area contributed by atoms with Gasteiger partial charge in [0.15, 0.2) is 0 Å². The maximum Gasteiger partial charge on any atom is 0.222 e. The molecule has 2 fully saturated rings.